The molecule has 0 saturated heterocycles. The first kappa shape index (κ1) is 20.1. The van der Waals surface area contributed by atoms with Crippen molar-refractivity contribution in [2.24, 2.45) is 5.92 Å². The highest BCUT2D eigenvalue weighted by molar-refractivity contribution is 5.98. The molecule has 30 heavy (non-hydrogen) atoms. The van der Waals surface area contributed by atoms with E-state index >= 15 is 0 Å². The zero-order valence-corrected chi connectivity index (χ0v) is 17.7. The van der Waals surface area contributed by atoms with E-state index in [1.54, 1.807) is 11.9 Å². The minimum absolute atomic E-state index is 0.0150. The van der Waals surface area contributed by atoms with Crippen molar-refractivity contribution in [2.75, 3.05) is 25.1 Å². The lowest BCUT2D eigenvalue weighted by Crippen LogP contribution is -2.35. The second-order valence-electron chi connectivity index (χ2n) is 8.04. The molecule has 0 atom stereocenters. The second-order valence-corrected chi connectivity index (χ2v) is 8.04. The van der Waals surface area contributed by atoms with Crippen molar-refractivity contribution in [3.05, 3.63) is 66.2 Å². The zero-order chi connectivity index (χ0) is 21.1. The number of nitrogens with zero attached hydrogens (tertiary/aromatic N) is 2. The Morgan fingerprint density at radius 1 is 1.07 bits per heavy atom. The number of pyridine rings is 1. The lowest BCUT2D eigenvalue weighted by Gasteiger charge is -2.26. The molecule has 5 nitrogen and oxygen atoms in total. The molecule has 1 N–H and O–H groups in total. The van der Waals surface area contributed by atoms with Crippen LogP contribution in [0.5, 0.6) is 5.88 Å². The van der Waals surface area contributed by atoms with Crippen LogP contribution < -0.4 is 15.0 Å². The maximum Gasteiger partial charge on any atom is 0.264 e. The van der Waals surface area contributed by atoms with Crippen molar-refractivity contribution in [2.45, 2.75) is 20.4 Å². The van der Waals surface area contributed by atoms with Crippen LogP contribution in [0.25, 0.3) is 22.4 Å². The van der Waals surface area contributed by atoms with E-state index in [-0.39, 0.29) is 12.5 Å². The topological polar surface area (TPSA) is 54.5 Å². The normalized spacial score (nSPS) is 13.3. The van der Waals surface area contributed by atoms with Gasteiger partial charge in [-0.25, -0.2) is 4.98 Å². The number of aromatic nitrogens is 1. The quantitative estimate of drug-likeness (QED) is 0.660. The van der Waals surface area contributed by atoms with E-state index in [1.165, 1.54) is 5.56 Å². The highest BCUT2D eigenvalue weighted by Crippen LogP contribution is 2.39. The van der Waals surface area contributed by atoms with Crippen LogP contribution in [0.15, 0.2) is 60.7 Å². The Kier molecular flexibility index (Phi) is 5.81. The summed E-state index contributed by atoms with van der Waals surface area (Å²) in [5, 5.41) is 3.47. The fourth-order valence-corrected chi connectivity index (χ4v) is 3.54. The minimum Gasteiger partial charge on any atom is -0.466 e. The van der Waals surface area contributed by atoms with E-state index in [0.29, 0.717) is 17.5 Å². The number of hydrogen-bond acceptors (Lipinski definition) is 4. The van der Waals surface area contributed by atoms with Crippen molar-refractivity contribution >= 4 is 11.6 Å². The first-order valence-electron chi connectivity index (χ1n) is 10.3. The Morgan fingerprint density at radius 3 is 2.50 bits per heavy atom. The monoisotopic (exact) mass is 401 g/mol. The molecule has 1 aliphatic heterocycles. The second kappa shape index (κ2) is 8.67. The van der Waals surface area contributed by atoms with Gasteiger partial charge in [0.25, 0.3) is 5.91 Å². The molecule has 0 bridgehead atoms. The summed E-state index contributed by atoms with van der Waals surface area (Å²) in [6, 6.07) is 20.6. The van der Waals surface area contributed by atoms with Crippen LogP contribution in [-0.4, -0.2) is 31.1 Å². The summed E-state index contributed by atoms with van der Waals surface area (Å²) < 4.78 is 5.65. The fraction of sp³-hybridized carbons (Fsp3) is 0.280. The van der Waals surface area contributed by atoms with E-state index in [1.807, 2.05) is 24.3 Å². The van der Waals surface area contributed by atoms with Crippen molar-refractivity contribution in [1.29, 1.82) is 0 Å². The molecule has 5 heteroatoms. The first-order valence-corrected chi connectivity index (χ1v) is 10.3. The molecule has 1 aliphatic rings. The molecular weight excluding hydrogens is 374 g/mol. The molecule has 0 fully saturated rings. The summed E-state index contributed by atoms with van der Waals surface area (Å²) in [6.07, 6.45) is 0. The van der Waals surface area contributed by atoms with Gasteiger partial charge < -0.3 is 15.0 Å². The molecule has 154 valence electrons. The van der Waals surface area contributed by atoms with E-state index in [2.05, 4.69) is 55.6 Å². The van der Waals surface area contributed by atoms with Gasteiger partial charge in [0, 0.05) is 24.7 Å². The molecule has 4 rings (SSSR count). The molecule has 0 spiro atoms. The van der Waals surface area contributed by atoms with E-state index in [9.17, 15) is 4.79 Å². The number of likely N-dealkylation sites (N-methyl/N-ethyl adjacent to an activating group) is 1. The third kappa shape index (κ3) is 4.21. The van der Waals surface area contributed by atoms with Gasteiger partial charge in [-0.15, -0.1) is 0 Å². The van der Waals surface area contributed by atoms with Crippen LogP contribution in [0.2, 0.25) is 0 Å². The predicted molar refractivity (Wildman–Crippen MR) is 121 cm³/mol. The van der Waals surface area contributed by atoms with Gasteiger partial charge in [0.05, 0.1) is 5.69 Å². The van der Waals surface area contributed by atoms with Crippen LogP contribution in [-0.2, 0) is 11.3 Å². The molecule has 0 unspecified atom stereocenters. The van der Waals surface area contributed by atoms with Crippen molar-refractivity contribution in [3.8, 4) is 28.3 Å². The number of rotatable bonds is 6. The van der Waals surface area contributed by atoms with E-state index in [0.717, 1.165) is 35.5 Å². The Morgan fingerprint density at radius 2 is 1.80 bits per heavy atom. The number of carbonyl (C=O) groups excluding carboxylic acids is 1. The van der Waals surface area contributed by atoms with Crippen LogP contribution in [0.4, 0.5) is 5.69 Å². The number of ether oxygens (including phenoxy) is 1. The van der Waals surface area contributed by atoms with Crippen LogP contribution in [0, 0.1) is 5.92 Å². The zero-order valence-electron chi connectivity index (χ0n) is 17.7. The van der Waals surface area contributed by atoms with Gasteiger partial charge in [0.15, 0.2) is 6.61 Å². The Bertz CT molecular complexity index is 1030. The molecule has 0 aliphatic carbocycles. The standard InChI is InChI=1S/C25H27N3O2/c1-17(2)14-26-15-18-9-11-20(12-10-18)24-21(19-7-5-4-6-8-19)13-22-25(27-24)30-16-23(29)28(22)3/h4-13,17,26H,14-16H2,1-3H3. The predicted octanol–water partition coefficient (Wildman–Crippen LogP) is 4.52. The molecular formula is C25H27N3O2. The minimum atomic E-state index is -0.0747. The number of amides is 1. The van der Waals surface area contributed by atoms with E-state index in [4.69, 9.17) is 9.72 Å². The van der Waals surface area contributed by atoms with Crippen molar-refractivity contribution in [1.82, 2.24) is 10.3 Å². The summed E-state index contributed by atoms with van der Waals surface area (Å²) in [5.74, 6) is 1.05. The summed E-state index contributed by atoms with van der Waals surface area (Å²) in [4.78, 5) is 18.5. The lowest BCUT2D eigenvalue weighted by atomic mass is 9.97. The van der Waals surface area contributed by atoms with Gasteiger partial charge in [0.2, 0.25) is 5.88 Å². The fourth-order valence-electron chi connectivity index (χ4n) is 3.54. The summed E-state index contributed by atoms with van der Waals surface area (Å²) in [5.41, 5.74) is 5.84. The van der Waals surface area contributed by atoms with Crippen LogP contribution in [0.3, 0.4) is 0 Å². The molecule has 0 radical (unpaired) electrons. The van der Waals surface area contributed by atoms with Gasteiger partial charge in [-0.3, -0.25) is 4.79 Å². The Balaban J connectivity index is 1.72. The van der Waals surface area contributed by atoms with Crippen LogP contribution >= 0.6 is 0 Å². The third-order valence-corrected chi connectivity index (χ3v) is 5.23. The number of carbonyl (C=O) groups is 1. The molecule has 1 aromatic heterocycles. The van der Waals surface area contributed by atoms with Gasteiger partial charge in [-0.05, 0) is 29.7 Å². The maximum absolute atomic E-state index is 12.1. The summed E-state index contributed by atoms with van der Waals surface area (Å²) >= 11 is 0. The number of benzene rings is 2. The molecule has 1 amide bonds. The summed E-state index contributed by atoms with van der Waals surface area (Å²) in [7, 11) is 1.76. The number of anilines is 1. The average Bonchev–Trinajstić information content (AvgIpc) is 2.76. The van der Waals surface area contributed by atoms with Gasteiger partial charge in [0.1, 0.15) is 5.69 Å². The highest BCUT2D eigenvalue weighted by Gasteiger charge is 2.26. The van der Waals surface area contributed by atoms with Crippen LogP contribution in [0.1, 0.15) is 19.4 Å². The maximum atomic E-state index is 12.1. The summed E-state index contributed by atoms with van der Waals surface area (Å²) in [6.45, 7) is 6.26. The Hall–Kier alpha value is -3.18. The molecule has 3 aromatic rings. The largest absolute Gasteiger partial charge is 0.466 e. The number of nitrogens with one attached hydrogen (secondary N) is 1. The van der Waals surface area contributed by atoms with Gasteiger partial charge >= 0.3 is 0 Å². The molecule has 2 heterocycles. The molecule has 0 saturated carbocycles. The number of fused-ring (bicyclic) bond motifs is 1. The Labute approximate surface area is 177 Å². The lowest BCUT2D eigenvalue weighted by molar-refractivity contribution is -0.121. The third-order valence-electron chi connectivity index (χ3n) is 5.23. The smallest absolute Gasteiger partial charge is 0.264 e. The molecule has 2 aromatic carbocycles. The average molecular weight is 402 g/mol. The highest BCUT2D eigenvalue weighted by atomic mass is 16.5. The van der Waals surface area contributed by atoms with E-state index < -0.39 is 0 Å². The first-order chi connectivity index (χ1) is 14.5. The van der Waals surface area contributed by atoms with Gasteiger partial charge in [-0.1, -0.05) is 68.4 Å². The SMILES string of the molecule is CC(C)CNCc1ccc(-c2nc3c(cc2-c2ccccc2)N(C)C(=O)CO3)cc1. The van der Waals surface area contributed by atoms with Crippen molar-refractivity contribution < 1.29 is 9.53 Å². The number of hydrogen-bond donors (Lipinski definition) is 1. The van der Waals surface area contributed by atoms with Crippen molar-refractivity contribution in [3.63, 3.8) is 0 Å². The van der Waals surface area contributed by atoms with Gasteiger partial charge in [-0.2, -0.15) is 0 Å².